The number of anilines is 1. The number of nitrogens with zero attached hydrogens (tertiary/aromatic N) is 4. The highest BCUT2D eigenvalue weighted by Gasteiger charge is 2.24. The van der Waals surface area contributed by atoms with Crippen LogP contribution in [0.3, 0.4) is 0 Å². The molecule has 0 fully saturated rings. The lowest BCUT2D eigenvalue weighted by atomic mass is 10.2. The van der Waals surface area contributed by atoms with Gasteiger partial charge in [-0.05, 0) is 67.8 Å². The molecule has 2 heterocycles. The fourth-order valence-corrected chi connectivity index (χ4v) is 6.59. The Hall–Kier alpha value is -2.16. The highest BCUT2D eigenvalue weighted by Crippen LogP contribution is 2.48. The van der Waals surface area contributed by atoms with E-state index < -0.39 is 7.60 Å². The molecule has 37 heavy (non-hydrogen) atoms. The summed E-state index contributed by atoms with van der Waals surface area (Å²) in [6.07, 6.45) is 0.921. The van der Waals surface area contributed by atoms with Gasteiger partial charge in [0.2, 0.25) is 5.28 Å². The molecule has 0 radical (unpaired) electrons. The SMILES string of the molecule is CCOP(=O)(CCCN(C)c1nc(Cl)nc2c3cc(Br)ccc3n(Cc3ccc(OC)cc3)c12)OCC. The van der Waals surface area contributed by atoms with Gasteiger partial charge in [-0.25, -0.2) is 4.98 Å². The molecule has 0 saturated heterocycles. The van der Waals surface area contributed by atoms with E-state index in [1.54, 1.807) is 7.11 Å². The van der Waals surface area contributed by atoms with Crippen LogP contribution in [0, 0.1) is 0 Å². The minimum atomic E-state index is -3.12. The largest absolute Gasteiger partial charge is 0.497 e. The molecule has 0 saturated carbocycles. The van der Waals surface area contributed by atoms with Crippen LogP contribution in [-0.2, 0) is 20.2 Å². The monoisotopic (exact) mass is 608 g/mol. The van der Waals surface area contributed by atoms with Crippen LogP contribution in [0.15, 0.2) is 46.9 Å². The molecular weight excluding hydrogens is 579 g/mol. The first kappa shape index (κ1) is 27.9. The Balaban J connectivity index is 1.74. The zero-order valence-corrected chi connectivity index (χ0v) is 24.6. The van der Waals surface area contributed by atoms with Crippen molar-refractivity contribution >= 4 is 62.9 Å². The van der Waals surface area contributed by atoms with E-state index in [1.165, 1.54) is 0 Å². The van der Waals surface area contributed by atoms with Gasteiger partial charge in [0.1, 0.15) is 16.8 Å². The normalized spacial score (nSPS) is 11.9. The first-order chi connectivity index (χ1) is 17.8. The highest BCUT2D eigenvalue weighted by atomic mass is 79.9. The second kappa shape index (κ2) is 12.1. The maximum atomic E-state index is 12.9. The number of methoxy groups -OCH3 is 1. The second-order valence-electron chi connectivity index (χ2n) is 8.55. The quantitative estimate of drug-likeness (QED) is 0.125. The van der Waals surface area contributed by atoms with Gasteiger partial charge in [0, 0.05) is 30.0 Å². The van der Waals surface area contributed by atoms with Crippen molar-refractivity contribution in [3.8, 4) is 5.75 Å². The molecule has 2 aromatic carbocycles. The van der Waals surface area contributed by atoms with Crippen molar-refractivity contribution in [2.75, 3.05) is 45.0 Å². The molecule has 11 heteroatoms. The van der Waals surface area contributed by atoms with Gasteiger partial charge >= 0.3 is 7.60 Å². The van der Waals surface area contributed by atoms with Crippen molar-refractivity contribution < 1.29 is 18.3 Å². The molecule has 0 spiro atoms. The fraction of sp³-hybridized carbons (Fsp3) is 0.385. The molecule has 0 aliphatic carbocycles. The standard InChI is InChI=1S/C26H31BrClN4O4P/c1-5-35-37(33,36-6-2)15-7-14-31(3)25-24-23(29-26(28)30-25)21-16-19(27)10-13-22(21)32(24)17-18-8-11-20(34-4)12-9-18/h8-13,16H,5-7,14-15,17H2,1-4H3. The van der Waals surface area contributed by atoms with Crippen LogP contribution in [0.4, 0.5) is 5.82 Å². The summed E-state index contributed by atoms with van der Waals surface area (Å²) in [7, 11) is 0.489. The molecule has 0 bridgehead atoms. The molecule has 4 aromatic rings. The lowest BCUT2D eigenvalue weighted by Crippen LogP contribution is -2.22. The van der Waals surface area contributed by atoms with Crippen LogP contribution in [0.2, 0.25) is 5.28 Å². The number of halogens is 2. The third kappa shape index (κ3) is 6.29. The zero-order chi connectivity index (χ0) is 26.6. The van der Waals surface area contributed by atoms with Crippen LogP contribution in [0.1, 0.15) is 25.8 Å². The van der Waals surface area contributed by atoms with Crippen LogP contribution < -0.4 is 9.64 Å². The Morgan fingerprint density at radius 2 is 1.78 bits per heavy atom. The number of hydrogen-bond donors (Lipinski definition) is 0. The number of ether oxygens (including phenoxy) is 1. The molecule has 4 rings (SSSR count). The predicted octanol–water partition coefficient (Wildman–Crippen LogP) is 7.15. The summed E-state index contributed by atoms with van der Waals surface area (Å²) >= 11 is 10.0. The molecule has 8 nitrogen and oxygen atoms in total. The first-order valence-corrected chi connectivity index (χ1v) is 15.1. The molecular formula is C26H31BrClN4O4P. The summed E-state index contributed by atoms with van der Waals surface area (Å²) in [4.78, 5) is 11.3. The fourth-order valence-electron chi connectivity index (χ4n) is 4.42. The Bertz CT molecular complexity index is 1420. The smallest absolute Gasteiger partial charge is 0.330 e. The van der Waals surface area contributed by atoms with Gasteiger partial charge in [-0.2, -0.15) is 4.98 Å². The van der Waals surface area contributed by atoms with Crippen LogP contribution in [-0.4, -0.2) is 54.6 Å². The van der Waals surface area contributed by atoms with Crippen molar-refractivity contribution in [2.24, 2.45) is 0 Å². The number of aromatic nitrogens is 3. The Morgan fingerprint density at radius 1 is 1.08 bits per heavy atom. The molecule has 0 unspecified atom stereocenters. The molecule has 0 N–H and O–H groups in total. The van der Waals surface area contributed by atoms with Crippen molar-refractivity contribution in [1.29, 1.82) is 0 Å². The maximum Gasteiger partial charge on any atom is 0.330 e. The van der Waals surface area contributed by atoms with E-state index in [0.717, 1.165) is 37.7 Å². The highest BCUT2D eigenvalue weighted by molar-refractivity contribution is 9.10. The summed E-state index contributed by atoms with van der Waals surface area (Å²) in [6.45, 7) is 5.52. The van der Waals surface area contributed by atoms with Crippen LogP contribution in [0.5, 0.6) is 5.75 Å². The zero-order valence-electron chi connectivity index (χ0n) is 21.4. The van der Waals surface area contributed by atoms with E-state index in [1.807, 2.05) is 44.0 Å². The number of rotatable bonds is 12. The lowest BCUT2D eigenvalue weighted by Gasteiger charge is -2.22. The first-order valence-electron chi connectivity index (χ1n) is 12.2. The van der Waals surface area contributed by atoms with E-state index in [9.17, 15) is 4.57 Å². The Kier molecular flexibility index (Phi) is 9.14. The number of hydrogen-bond acceptors (Lipinski definition) is 7. The second-order valence-corrected chi connectivity index (χ2v) is 12.0. The summed E-state index contributed by atoms with van der Waals surface area (Å²) in [6, 6.07) is 14.1. The van der Waals surface area contributed by atoms with E-state index in [-0.39, 0.29) is 5.28 Å². The number of fused-ring (bicyclic) bond motifs is 3. The average Bonchev–Trinajstić information content (AvgIpc) is 3.16. The van der Waals surface area contributed by atoms with E-state index >= 15 is 0 Å². The van der Waals surface area contributed by atoms with Gasteiger partial charge in [-0.1, -0.05) is 28.1 Å². The number of benzene rings is 2. The maximum absolute atomic E-state index is 12.9. The summed E-state index contributed by atoms with van der Waals surface area (Å²) < 4.78 is 32.3. The summed E-state index contributed by atoms with van der Waals surface area (Å²) in [5.41, 5.74) is 3.80. The van der Waals surface area contributed by atoms with Crippen LogP contribution >= 0.6 is 35.1 Å². The van der Waals surface area contributed by atoms with Gasteiger partial charge in [-0.15, -0.1) is 0 Å². The Morgan fingerprint density at radius 3 is 2.43 bits per heavy atom. The summed E-state index contributed by atoms with van der Waals surface area (Å²) in [5, 5.41) is 1.15. The van der Waals surface area contributed by atoms with Crippen molar-refractivity contribution in [1.82, 2.24) is 14.5 Å². The van der Waals surface area contributed by atoms with Gasteiger partial charge < -0.3 is 23.3 Å². The van der Waals surface area contributed by atoms with Gasteiger partial charge in [-0.3, -0.25) is 4.57 Å². The molecule has 0 amide bonds. The van der Waals surface area contributed by atoms with Gasteiger partial charge in [0.25, 0.3) is 0 Å². The molecule has 0 aliphatic heterocycles. The third-order valence-corrected chi connectivity index (χ3v) is 8.88. The topological polar surface area (TPSA) is 78.7 Å². The van der Waals surface area contributed by atoms with Crippen molar-refractivity contribution in [2.45, 2.75) is 26.8 Å². The molecule has 0 aliphatic rings. The van der Waals surface area contributed by atoms with Crippen LogP contribution in [0.25, 0.3) is 21.9 Å². The lowest BCUT2D eigenvalue weighted by molar-refractivity contribution is 0.220. The van der Waals surface area contributed by atoms with Gasteiger partial charge in [0.05, 0.1) is 32.0 Å². The van der Waals surface area contributed by atoms with E-state index in [4.69, 9.17) is 25.4 Å². The van der Waals surface area contributed by atoms with Gasteiger partial charge in [0.15, 0.2) is 5.82 Å². The molecule has 2 aromatic heterocycles. The van der Waals surface area contributed by atoms with Crippen molar-refractivity contribution in [3.63, 3.8) is 0 Å². The van der Waals surface area contributed by atoms with E-state index in [2.05, 4.69) is 54.7 Å². The molecule has 198 valence electrons. The summed E-state index contributed by atoms with van der Waals surface area (Å²) in [5.74, 6) is 1.51. The minimum absolute atomic E-state index is 0.173. The minimum Gasteiger partial charge on any atom is -0.497 e. The predicted molar refractivity (Wildman–Crippen MR) is 153 cm³/mol. The van der Waals surface area contributed by atoms with E-state index in [0.29, 0.717) is 44.7 Å². The molecule has 0 atom stereocenters. The average molecular weight is 610 g/mol. The third-order valence-electron chi connectivity index (χ3n) is 6.05. The van der Waals surface area contributed by atoms with Crippen molar-refractivity contribution in [3.05, 3.63) is 57.8 Å². The Labute approximate surface area is 230 Å².